The van der Waals surface area contributed by atoms with Crippen LogP contribution in [0.1, 0.15) is 62.9 Å². The zero-order valence-corrected chi connectivity index (χ0v) is 22.8. The largest absolute Gasteiger partial charge is 0.507 e. The molecule has 6 nitrogen and oxygen atoms in total. The van der Waals surface area contributed by atoms with Crippen LogP contribution in [-0.4, -0.2) is 33.4 Å². The first-order chi connectivity index (χ1) is 17.9. The van der Waals surface area contributed by atoms with Gasteiger partial charge in [-0.25, -0.2) is 0 Å². The molecule has 3 aromatic rings. The highest BCUT2D eigenvalue weighted by Crippen LogP contribution is 2.41. The highest BCUT2D eigenvalue weighted by Gasteiger charge is 2.46. The van der Waals surface area contributed by atoms with Gasteiger partial charge in [-0.1, -0.05) is 48.0 Å². The number of ether oxygens (including phenoxy) is 2. The lowest BCUT2D eigenvalue weighted by Crippen LogP contribution is -2.30. The minimum absolute atomic E-state index is 0.00577. The minimum Gasteiger partial charge on any atom is -0.507 e. The summed E-state index contributed by atoms with van der Waals surface area (Å²) in [6, 6.07) is 21.3. The summed E-state index contributed by atoms with van der Waals surface area (Å²) in [5.74, 6) is -0.296. The normalized spacial score (nSPS) is 17.2. The van der Waals surface area contributed by atoms with Gasteiger partial charge < -0.3 is 19.5 Å². The summed E-state index contributed by atoms with van der Waals surface area (Å²) in [7, 11) is 0. The number of benzene rings is 3. The van der Waals surface area contributed by atoms with Crippen LogP contribution in [0.2, 0.25) is 0 Å². The van der Waals surface area contributed by atoms with Crippen LogP contribution in [-0.2, 0) is 16.1 Å². The number of aliphatic hydroxyl groups excluding tert-OH is 1. The number of para-hydroxylation sites is 1. The fourth-order valence-corrected chi connectivity index (χ4v) is 4.60. The second-order valence-corrected chi connectivity index (χ2v) is 10.9. The van der Waals surface area contributed by atoms with Gasteiger partial charge >= 0.3 is 0 Å². The fourth-order valence-electron chi connectivity index (χ4n) is 4.60. The predicted molar refractivity (Wildman–Crippen MR) is 148 cm³/mol. The van der Waals surface area contributed by atoms with Crippen LogP contribution in [0.3, 0.4) is 0 Å². The van der Waals surface area contributed by atoms with E-state index in [2.05, 4.69) is 0 Å². The molecule has 0 radical (unpaired) electrons. The van der Waals surface area contributed by atoms with E-state index in [1.54, 1.807) is 24.3 Å². The maximum absolute atomic E-state index is 13.5. The number of aliphatic hydroxyl groups is 1. The second-order valence-electron chi connectivity index (χ2n) is 10.9. The third kappa shape index (κ3) is 5.91. The van der Waals surface area contributed by atoms with Crippen molar-refractivity contribution in [3.05, 3.63) is 101 Å². The van der Waals surface area contributed by atoms with E-state index in [4.69, 9.17) is 9.47 Å². The molecule has 1 amide bonds. The third-order valence-electron chi connectivity index (χ3n) is 6.13. The van der Waals surface area contributed by atoms with Crippen molar-refractivity contribution in [3.8, 4) is 11.5 Å². The molecule has 1 aliphatic heterocycles. The van der Waals surface area contributed by atoms with E-state index < -0.39 is 23.3 Å². The molecule has 3 aromatic carbocycles. The molecule has 6 heteroatoms. The van der Waals surface area contributed by atoms with Crippen molar-refractivity contribution in [2.45, 2.75) is 65.8 Å². The van der Waals surface area contributed by atoms with E-state index in [-0.39, 0.29) is 24.0 Å². The first-order valence-corrected chi connectivity index (χ1v) is 12.8. The van der Waals surface area contributed by atoms with E-state index in [0.717, 1.165) is 16.7 Å². The molecule has 1 atom stereocenters. The molecule has 0 aromatic heterocycles. The quantitative estimate of drug-likeness (QED) is 0.219. The Morgan fingerprint density at radius 3 is 2.29 bits per heavy atom. The molecular formula is C32H35NO5. The Hall–Kier alpha value is -4.06. The Morgan fingerprint density at radius 1 is 0.974 bits per heavy atom. The van der Waals surface area contributed by atoms with Crippen LogP contribution in [0.15, 0.2) is 78.4 Å². The van der Waals surface area contributed by atoms with Crippen LogP contribution in [0.25, 0.3) is 5.76 Å². The Morgan fingerprint density at radius 2 is 1.66 bits per heavy atom. The first kappa shape index (κ1) is 27.0. The maximum atomic E-state index is 13.5. The van der Waals surface area contributed by atoms with Crippen LogP contribution in [0.5, 0.6) is 11.5 Å². The molecule has 1 aliphatic rings. The van der Waals surface area contributed by atoms with E-state index in [9.17, 15) is 14.7 Å². The lowest BCUT2D eigenvalue weighted by Gasteiger charge is -2.28. The molecule has 38 heavy (non-hydrogen) atoms. The molecule has 1 saturated heterocycles. The monoisotopic (exact) mass is 513 g/mol. The molecule has 0 bridgehead atoms. The zero-order chi connectivity index (χ0) is 27.6. The van der Waals surface area contributed by atoms with E-state index in [1.807, 2.05) is 90.1 Å². The van der Waals surface area contributed by atoms with Crippen LogP contribution in [0, 0.1) is 6.92 Å². The Bertz CT molecular complexity index is 1370. The highest BCUT2D eigenvalue weighted by molar-refractivity contribution is 6.46. The third-order valence-corrected chi connectivity index (χ3v) is 6.13. The number of ketones is 1. The number of hydrogen-bond acceptors (Lipinski definition) is 5. The summed E-state index contributed by atoms with van der Waals surface area (Å²) in [4.78, 5) is 28.4. The fraction of sp³-hybridized carbons (Fsp3) is 0.312. The summed E-state index contributed by atoms with van der Waals surface area (Å²) in [5.41, 5.74) is 2.57. The Kier molecular flexibility index (Phi) is 7.63. The summed E-state index contributed by atoms with van der Waals surface area (Å²) < 4.78 is 11.9. The SMILES string of the molecule is Cc1cccc(C2/C(=C(\O)c3ccc(OC(C)C)cc3)C(=O)C(=O)N2Cc2ccccc2OC(C)(C)C)c1. The number of carbonyl (C=O) groups excluding carboxylic acids is 2. The molecule has 0 saturated carbocycles. The van der Waals surface area contributed by atoms with Crippen molar-refractivity contribution in [2.24, 2.45) is 0 Å². The van der Waals surface area contributed by atoms with Crippen molar-refractivity contribution in [3.63, 3.8) is 0 Å². The summed E-state index contributed by atoms with van der Waals surface area (Å²) in [6.45, 7) is 11.8. The van der Waals surface area contributed by atoms with Gasteiger partial charge in [-0.3, -0.25) is 9.59 Å². The van der Waals surface area contributed by atoms with Gasteiger partial charge in [0.25, 0.3) is 11.7 Å². The van der Waals surface area contributed by atoms with Gasteiger partial charge in [0.2, 0.25) is 0 Å². The number of carbonyl (C=O) groups is 2. The van der Waals surface area contributed by atoms with Gasteiger partial charge in [-0.05, 0) is 77.4 Å². The van der Waals surface area contributed by atoms with Crippen molar-refractivity contribution < 1.29 is 24.2 Å². The van der Waals surface area contributed by atoms with Gasteiger partial charge in [-0.2, -0.15) is 0 Å². The van der Waals surface area contributed by atoms with E-state index in [1.165, 1.54) is 4.90 Å². The van der Waals surface area contributed by atoms with Crippen molar-refractivity contribution in [2.75, 3.05) is 0 Å². The van der Waals surface area contributed by atoms with Gasteiger partial charge in [0.1, 0.15) is 22.9 Å². The molecule has 1 unspecified atom stereocenters. The van der Waals surface area contributed by atoms with Crippen molar-refractivity contribution in [1.82, 2.24) is 4.90 Å². The van der Waals surface area contributed by atoms with Gasteiger partial charge in [0.05, 0.1) is 24.3 Å². The number of hydrogen-bond donors (Lipinski definition) is 1. The molecule has 1 N–H and O–H groups in total. The zero-order valence-electron chi connectivity index (χ0n) is 22.8. The highest BCUT2D eigenvalue weighted by atomic mass is 16.5. The summed E-state index contributed by atoms with van der Waals surface area (Å²) >= 11 is 0. The predicted octanol–water partition coefficient (Wildman–Crippen LogP) is 6.58. The lowest BCUT2D eigenvalue weighted by atomic mass is 9.94. The van der Waals surface area contributed by atoms with Crippen molar-refractivity contribution in [1.29, 1.82) is 0 Å². The van der Waals surface area contributed by atoms with Gasteiger partial charge in [0, 0.05) is 11.1 Å². The molecule has 0 spiro atoms. The van der Waals surface area contributed by atoms with E-state index >= 15 is 0 Å². The maximum Gasteiger partial charge on any atom is 0.295 e. The van der Waals surface area contributed by atoms with Crippen LogP contribution < -0.4 is 9.47 Å². The molecule has 4 rings (SSSR count). The number of rotatable bonds is 7. The molecule has 198 valence electrons. The molecule has 0 aliphatic carbocycles. The number of nitrogens with zero attached hydrogens (tertiary/aromatic N) is 1. The average molecular weight is 514 g/mol. The number of aryl methyl sites for hydroxylation is 1. The van der Waals surface area contributed by atoms with Gasteiger partial charge in [-0.15, -0.1) is 0 Å². The Balaban J connectivity index is 1.81. The van der Waals surface area contributed by atoms with Crippen LogP contribution >= 0.6 is 0 Å². The Labute approximate surface area is 224 Å². The first-order valence-electron chi connectivity index (χ1n) is 12.8. The summed E-state index contributed by atoms with van der Waals surface area (Å²) in [5, 5.41) is 11.4. The number of Topliss-reactive ketones (excluding diaryl/α,β-unsaturated/α-hetero) is 1. The molecule has 1 heterocycles. The number of likely N-dealkylation sites (tertiary alicyclic amines) is 1. The standard InChI is InChI=1S/C32H35NO5/c1-20(2)37-25-16-14-22(15-17-25)29(34)27-28(23-12-9-10-21(3)18-23)33(31(36)30(27)35)19-24-11-7-8-13-26(24)38-32(4,5)6/h7-18,20,28,34H,19H2,1-6H3/b29-27+. The minimum atomic E-state index is -0.760. The average Bonchev–Trinajstić information content (AvgIpc) is 3.09. The van der Waals surface area contributed by atoms with E-state index in [0.29, 0.717) is 17.1 Å². The smallest absolute Gasteiger partial charge is 0.295 e. The van der Waals surface area contributed by atoms with Crippen molar-refractivity contribution >= 4 is 17.4 Å². The van der Waals surface area contributed by atoms with Gasteiger partial charge in [0.15, 0.2) is 0 Å². The van der Waals surface area contributed by atoms with Crippen LogP contribution in [0.4, 0.5) is 0 Å². The number of amides is 1. The summed E-state index contributed by atoms with van der Waals surface area (Å²) in [6.07, 6.45) is 0.00577. The topological polar surface area (TPSA) is 76.1 Å². The molecule has 1 fully saturated rings. The molecular weight excluding hydrogens is 478 g/mol. The lowest BCUT2D eigenvalue weighted by molar-refractivity contribution is -0.140. The second kappa shape index (κ2) is 10.7.